The highest BCUT2D eigenvalue weighted by Gasteiger charge is 2.24. The Balaban J connectivity index is 1.86. The van der Waals surface area contributed by atoms with Crippen LogP contribution in [0.25, 0.3) is 0 Å². The molecular formula is C12H22N4OS. The maximum atomic E-state index is 8.92. The molecule has 1 aromatic rings. The standard InChI is InChI=1S/C12H22N4OS/c1-2-13-12-15-14-11(18-12)9-16-7-3-5-10(16)6-4-8-17/h10,17H,2-9H2,1H3,(H,13,15). The second-order valence-electron chi connectivity index (χ2n) is 4.66. The number of nitrogens with zero attached hydrogens (tertiary/aromatic N) is 3. The third kappa shape index (κ3) is 3.63. The normalized spacial score (nSPS) is 20.4. The molecule has 0 saturated carbocycles. The first kappa shape index (κ1) is 13.7. The lowest BCUT2D eigenvalue weighted by Gasteiger charge is -2.22. The summed E-state index contributed by atoms with van der Waals surface area (Å²) in [6.45, 7) is 5.29. The van der Waals surface area contributed by atoms with E-state index in [-0.39, 0.29) is 0 Å². The minimum Gasteiger partial charge on any atom is -0.396 e. The van der Waals surface area contributed by atoms with E-state index in [0.29, 0.717) is 12.6 Å². The highest BCUT2D eigenvalue weighted by Crippen LogP contribution is 2.25. The monoisotopic (exact) mass is 270 g/mol. The quantitative estimate of drug-likeness (QED) is 0.790. The summed E-state index contributed by atoms with van der Waals surface area (Å²) in [5, 5.41) is 22.5. The minimum absolute atomic E-state index is 0.299. The molecule has 1 atom stereocenters. The molecular weight excluding hydrogens is 248 g/mol. The van der Waals surface area contributed by atoms with Gasteiger partial charge in [-0.1, -0.05) is 11.3 Å². The molecule has 18 heavy (non-hydrogen) atoms. The van der Waals surface area contributed by atoms with Crippen molar-refractivity contribution in [3.8, 4) is 0 Å². The Kier molecular flexibility index (Phi) is 5.34. The van der Waals surface area contributed by atoms with Crippen LogP contribution in [0, 0.1) is 0 Å². The lowest BCUT2D eigenvalue weighted by atomic mass is 10.1. The smallest absolute Gasteiger partial charge is 0.205 e. The molecule has 0 aliphatic carbocycles. The van der Waals surface area contributed by atoms with Gasteiger partial charge in [-0.15, -0.1) is 10.2 Å². The van der Waals surface area contributed by atoms with Crippen LogP contribution in [0.2, 0.25) is 0 Å². The summed E-state index contributed by atoms with van der Waals surface area (Å²) in [6, 6.07) is 0.614. The van der Waals surface area contributed by atoms with Crippen molar-refractivity contribution in [1.29, 1.82) is 0 Å². The Bertz CT molecular complexity index is 358. The number of anilines is 1. The van der Waals surface area contributed by atoms with Gasteiger partial charge in [0.05, 0.1) is 6.54 Å². The van der Waals surface area contributed by atoms with Crippen LogP contribution in [0.15, 0.2) is 0 Å². The van der Waals surface area contributed by atoms with Crippen LogP contribution < -0.4 is 5.32 Å². The van der Waals surface area contributed by atoms with Crippen LogP contribution in [-0.2, 0) is 6.54 Å². The van der Waals surface area contributed by atoms with Gasteiger partial charge in [0, 0.05) is 19.2 Å². The topological polar surface area (TPSA) is 61.3 Å². The fourth-order valence-corrected chi connectivity index (χ4v) is 3.30. The molecule has 1 unspecified atom stereocenters. The molecule has 0 radical (unpaired) electrons. The van der Waals surface area contributed by atoms with Crippen molar-refractivity contribution in [3.63, 3.8) is 0 Å². The molecule has 102 valence electrons. The van der Waals surface area contributed by atoms with Crippen LogP contribution in [-0.4, -0.2) is 45.9 Å². The number of aromatic nitrogens is 2. The summed E-state index contributed by atoms with van der Waals surface area (Å²) in [5.41, 5.74) is 0. The van der Waals surface area contributed by atoms with Crippen LogP contribution in [0.4, 0.5) is 5.13 Å². The fraction of sp³-hybridized carbons (Fsp3) is 0.833. The van der Waals surface area contributed by atoms with Crippen molar-refractivity contribution >= 4 is 16.5 Å². The maximum Gasteiger partial charge on any atom is 0.205 e. The summed E-state index contributed by atoms with van der Waals surface area (Å²) in [5.74, 6) is 0. The van der Waals surface area contributed by atoms with Crippen LogP contribution >= 0.6 is 11.3 Å². The second-order valence-corrected chi connectivity index (χ2v) is 5.73. The van der Waals surface area contributed by atoms with Gasteiger partial charge in [0.2, 0.25) is 5.13 Å². The van der Waals surface area contributed by atoms with Gasteiger partial charge in [-0.05, 0) is 39.2 Å². The lowest BCUT2D eigenvalue weighted by Crippen LogP contribution is -2.29. The van der Waals surface area contributed by atoms with E-state index in [2.05, 4.69) is 27.3 Å². The molecule has 1 fully saturated rings. The molecule has 1 aliphatic rings. The Morgan fingerprint density at radius 2 is 2.39 bits per heavy atom. The van der Waals surface area contributed by atoms with Gasteiger partial charge < -0.3 is 10.4 Å². The largest absolute Gasteiger partial charge is 0.396 e. The number of likely N-dealkylation sites (tertiary alicyclic amines) is 1. The van der Waals surface area contributed by atoms with Gasteiger partial charge >= 0.3 is 0 Å². The van der Waals surface area contributed by atoms with E-state index in [1.165, 1.54) is 12.8 Å². The summed E-state index contributed by atoms with van der Waals surface area (Å²) in [6.07, 6.45) is 4.50. The van der Waals surface area contributed by atoms with Gasteiger partial charge in [-0.25, -0.2) is 0 Å². The van der Waals surface area contributed by atoms with E-state index >= 15 is 0 Å². The molecule has 5 nitrogen and oxygen atoms in total. The van der Waals surface area contributed by atoms with E-state index in [0.717, 1.165) is 42.6 Å². The highest BCUT2D eigenvalue weighted by atomic mass is 32.1. The van der Waals surface area contributed by atoms with Crippen molar-refractivity contribution < 1.29 is 5.11 Å². The first-order valence-electron chi connectivity index (χ1n) is 6.74. The van der Waals surface area contributed by atoms with Crippen LogP contribution in [0.5, 0.6) is 0 Å². The number of rotatable bonds is 7. The van der Waals surface area contributed by atoms with Crippen molar-refractivity contribution in [3.05, 3.63) is 5.01 Å². The van der Waals surface area contributed by atoms with Crippen LogP contribution in [0.1, 0.15) is 37.6 Å². The van der Waals surface area contributed by atoms with E-state index < -0.39 is 0 Å². The van der Waals surface area contributed by atoms with Crippen molar-refractivity contribution in [2.24, 2.45) is 0 Å². The second kappa shape index (κ2) is 7.01. The molecule has 0 spiro atoms. The Labute approximate surface area is 112 Å². The van der Waals surface area contributed by atoms with Crippen molar-refractivity contribution in [2.45, 2.75) is 45.2 Å². The molecule has 1 aliphatic heterocycles. The average molecular weight is 270 g/mol. The first-order valence-corrected chi connectivity index (χ1v) is 7.56. The predicted molar refractivity (Wildman–Crippen MR) is 73.8 cm³/mol. The van der Waals surface area contributed by atoms with Gasteiger partial charge in [-0.2, -0.15) is 0 Å². The summed E-state index contributed by atoms with van der Waals surface area (Å²) in [7, 11) is 0. The number of hydrogen-bond acceptors (Lipinski definition) is 6. The third-order valence-corrected chi connectivity index (χ3v) is 4.19. The third-order valence-electron chi connectivity index (χ3n) is 3.33. The molecule has 2 rings (SSSR count). The Morgan fingerprint density at radius 1 is 1.50 bits per heavy atom. The molecule has 0 aromatic carbocycles. The van der Waals surface area contributed by atoms with E-state index in [9.17, 15) is 0 Å². The SMILES string of the molecule is CCNc1nnc(CN2CCCC2CCCO)s1. The zero-order valence-corrected chi connectivity index (χ0v) is 11.7. The van der Waals surface area contributed by atoms with E-state index in [1.54, 1.807) is 11.3 Å². The zero-order valence-electron chi connectivity index (χ0n) is 10.9. The number of nitrogens with one attached hydrogen (secondary N) is 1. The lowest BCUT2D eigenvalue weighted by molar-refractivity contribution is 0.209. The van der Waals surface area contributed by atoms with Crippen LogP contribution in [0.3, 0.4) is 0 Å². The summed E-state index contributed by atoms with van der Waals surface area (Å²) in [4.78, 5) is 2.48. The fourth-order valence-electron chi connectivity index (χ4n) is 2.47. The Hall–Kier alpha value is -0.720. The molecule has 1 saturated heterocycles. The average Bonchev–Trinajstić information content (AvgIpc) is 2.98. The molecule has 2 N–H and O–H groups in total. The van der Waals surface area contributed by atoms with Gasteiger partial charge in [0.25, 0.3) is 0 Å². The molecule has 2 heterocycles. The number of hydrogen-bond donors (Lipinski definition) is 2. The van der Waals surface area contributed by atoms with Crippen molar-refractivity contribution in [1.82, 2.24) is 15.1 Å². The van der Waals surface area contributed by atoms with Gasteiger partial charge in [0.15, 0.2) is 0 Å². The Morgan fingerprint density at radius 3 is 3.17 bits per heavy atom. The zero-order chi connectivity index (χ0) is 12.8. The van der Waals surface area contributed by atoms with Gasteiger partial charge in [0.1, 0.15) is 5.01 Å². The molecule has 0 bridgehead atoms. The van der Waals surface area contributed by atoms with E-state index in [1.807, 2.05) is 0 Å². The minimum atomic E-state index is 0.299. The number of aliphatic hydroxyl groups excluding tert-OH is 1. The number of aliphatic hydroxyl groups is 1. The first-order chi connectivity index (χ1) is 8.83. The maximum absolute atomic E-state index is 8.92. The molecule has 1 aromatic heterocycles. The molecule has 0 amide bonds. The van der Waals surface area contributed by atoms with E-state index in [4.69, 9.17) is 5.11 Å². The highest BCUT2D eigenvalue weighted by molar-refractivity contribution is 7.15. The molecule has 6 heteroatoms. The van der Waals surface area contributed by atoms with Gasteiger partial charge in [-0.3, -0.25) is 4.90 Å². The summed E-state index contributed by atoms with van der Waals surface area (Å²) < 4.78 is 0. The summed E-state index contributed by atoms with van der Waals surface area (Å²) >= 11 is 1.65. The predicted octanol–water partition coefficient (Wildman–Crippen LogP) is 1.71. The van der Waals surface area contributed by atoms with Crippen molar-refractivity contribution in [2.75, 3.05) is 25.0 Å².